The monoisotopic (exact) mass is 397 g/mol. The van der Waals surface area contributed by atoms with Gasteiger partial charge in [-0.25, -0.2) is 5.43 Å². The van der Waals surface area contributed by atoms with Crippen LogP contribution in [0.2, 0.25) is 5.02 Å². The van der Waals surface area contributed by atoms with Gasteiger partial charge in [-0.3, -0.25) is 10.1 Å². The lowest BCUT2D eigenvalue weighted by Gasteiger charge is -2.01. The smallest absolute Gasteiger partial charge is 0.312 e. The number of hydrogen-bond acceptors (Lipinski definition) is 8. The van der Waals surface area contributed by atoms with Crippen LogP contribution in [-0.2, 0) is 0 Å². The second kappa shape index (κ2) is 6.74. The molecule has 0 fully saturated rings. The lowest BCUT2D eigenvalue weighted by atomic mass is 10.1. The van der Waals surface area contributed by atoms with E-state index in [-0.39, 0.29) is 16.5 Å². The number of nitrogens with zero attached hydrogens (tertiary/aromatic N) is 5. The molecule has 2 heterocycles. The topological polar surface area (TPSA) is 142 Å². The number of aromatic nitrogens is 4. The molecule has 2 aromatic carbocycles. The van der Waals surface area contributed by atoms with E-state index in [1.54, 1.807) is 0 Å². The average Bonchev–Trinajstić information content (AvgIpc) is 3.03. The number of nitro benzene ring substituents is 1. The first-order valence-electron chi connectivity index (χ1n) is 8.01. The van der Waals surface area contributed by atoms with Gasteiger partial charge in [0.1, 0.15) is 5.52 Å². The molecule has 0 aliphatic rings. The maximum atomic E-state index is 10.9. The van der Waals surface area contributed by atoms with E-state index in [2.05, 4.69) is 30.7 Å². The van der Waals surface area contributed by atoms with Crippen LogP contribution >= 0.6 is 11.6 Å². The Labute approximate surface area is 162 Å². The summed E-state index contributed by atoms with van der Waals surface area (Å²) in [6.07, 6.45) is 1.18. The first-order valence-corrected chi connectivity index (χ1v) is 8.39. The molecular formula is C17H12ClN7O3. The summed E-state index contributed by atoms with van der Waals surface area (Å²) in [6.45, 7) is 1.98. The first-order chi connectivity index (χ1) is 13.4. The zero-order valence-electron chi connectivity index (χ0n) is 14.3. The van der Waals surface area contributed by atoms with Crippen LogP contribution in [0.3, 0.4) is 0 Å². The third kappa shape index (κ3) is 3.05. The molecule has 0 unspecified atom stereocenters. The number of aromatic hydroxyl groups is 1. The van der Waals surface area contributed by atoms with E-state index in [0.717, 1.165) is 22.5 Å². The fourth-order valence-electron chi connectivity index (χ4n) is 2.79. The number of benzene rings is 2. The predicted molar refractivity (Wildman–Crippen MR) is 105 cm³/mol. The predicted octanol–water partition coefficient (Wildman–Crippen LogP) is 3.53. The van der Waals surface area contributed by atoms with Gasteiger partial charge >= 0.3 is 5.69 Å². The summed E-state index contributed by atoms with van der Waals surface area (Å²) < 4.78 is 0. The minimum Gasteiger partial charge on any atom is -0.502 e. The number of para-hydroxylation sites is 1. The molecule has 4 aromatic rings. The van der Waals surface area contributed by atoms with Crippen molar-refractivity contribution < 1.29 is 10.0 Å². The van der Waals surface area contributed by atoms with Crippen LogP contribution in [0.15, 0.2) is 35.4 Å². The summed E-state index contributed by atoms with van der Waals surface area (Å²) in [5.74, 6) is -0.426. The maximum absolute atomic E-state index is 10.9. The van der Waals surface area contributed by atoms with Crippen LogP contribution in [-0.4, -0.2) is 36.4 Å². The minimum atomic E-state index is -0.731. The molecule has 11 heteroatoms. The molecule has 0 saturated heterocycles. The summed E-state index contributed by atoms with van der Waals surface area (Å²) in [4.78, 5) is 17.7. The summed E-state index contributed by atoms with van der Waals surface area (Å²) in [5, 5.41) is 33.9. The quantitative estimate of drug-likeness (QED) is 0.271. The Morgan fingerprint density at radius 3 is 2.96 bits per heavy atom. The standard InChI is InChI=1S/C17H12ClN7O3/c1-8-3-2-4-11-13(8)20-16-14(11)22-24-17(21-16)23-19-7-9-5-10(18)6-12(15(9)26)25(27)28/h2-7,26H,1H3,(H2,20,21,23,24). The van der Waals surface area contributed by atoms with E-state index < -0.39 is 16.4 Å². The van der Waals surface area contributed by atoms with Crippen molar-refractivity contribution in [3.8, 4) is 5.75 Å². The number of phenolic OH excluding ortho intramolecular Hbond substituents is 1. The van der Waals surface area contributed by atoms with Crippen LogP contribution in [0.4, 0.5) is 11.6 Å². The highest BCUT2D eigenvalue weighted by molar-refractivity contribution is 6.31. The van der Waals surface area contributed by atoms with Gasteiger partial charge in [-0.1, -0.05) is 29.8 Å². The van der Waals surface area contributed by atoms with Crippen molar-refractivity contribution in [2.45, 2.75) is 6.92 Å². The van der Waals surface area contributed by atoms with Gasteiger partial charge in [0.15, 0.2) is 5.65 Å². The van der Waals surface area contributed by atoms with Crippen LogP contribution in [0, 0.1) is 17.0 Å². The number of halogens is 1. The van der Waals surface area contributed by atoms with E-state index in [1.807, 2.05) is 25.1 Å². The Bertz CT molecular complexity index is 1270. The molecule has 10 nitrogen and oxygen atoms in total. The number of hydrazone groups is 1. The third-order valence-electron chi connectivity index (χ3n) is 4.11. The number of anilines is 1. The van der Waals surface area contributed by atoms with E-state index in [1.165, 1.54) is 12.3 Å². The molecule has 2 aromatic heterocycles. The zero-order chi connectivity index (χ0) is 19.8. The molecule has 4 rings (SSSR count). The number of phenols is 1. The first kappa shape index (κ1) is 17.6. The summed E-state index contributed by atoms with van der Waals surface area (Å²) >= 11 is 5.84. The van der Waals surface area contributed by atoms with Crippen molar-refractivity contribution in [1.29, 1.82) is 0 Å². The second-order valence-corrected chi connectivity index (χ2v) is 6.38. The molecule has 0 amide bonds. The van der Waals surface area contributed by atoms with Gasteiger partial charge < -0.3 is 10.1 Å². The SMILES string of the molecule is Cc1cccc2c1[nH]c1nc(NN=Cc3cc(Cl)cc([N+](=O)[O-])c3O)nnc12. The molecule has 0 saturated carbocycles. The molecule has 0 bridgehead atoms. The third-order valence-corrected chi connectivity index (χ3v) is 4.33. The number of aromatic amines is 1. The molecule has 0 spiro atoms. The van der Waals surface area contributed by atoms with Crippen molar-refractivity contribution in [3.05, 3.63) is 56.6 Å². The Balaban J connectivity index is 1.63. The van der Waals surface area contributed by atoms with Crippen LogP contribution < -0.4 is 5.43 Å². The number of fused-ring (bicyclic) bond motifs is 3. The fourth-order valence-corrected chi connectivity index (χ4v) is 3.01. The lowest BCUT2D eigenvalue weighted by Crippen LogP contribution is -1.99. The number of rotatable bonds is 4. The summed E-state index contributed by atoms with van der Waals surface area (Å²) in [7, 11) is 0. The van der Waals surface area contributed by atoms with Crippen LogP contribution in [0.1, 0.15) is 11.1 Å². The van der Waals surface area contributed by atoms with E-state index >= 15 is 0 Å². The van der Waals surface area contributed by atoms with Crippen LogP contribution in [0.5, 0.6) is 5.75 Å². The van der Waals surface area contributed by atoms with E-state index in [4.69, 9.17) is 11.6 Å². The number of H-pyrrole nitrogens is 1. The molecule has 3 N–H and O–H groups in total. The Kier molecular flexibility index (Phi) is 4.24. The van der Waals surface area contributed by atoms with Gasteiger partial charge in [0, 0.05) is 22.0 Å². The molecule has 28 heavy (non-hydrogen) atoms. The van der Waals surface area contributed by atoms with Gasteiger partial charge in [-0.15, -0.1) is 10.2 Å². The molecule has 0 radical (unpaired) electrons. The molecular weight excluding hydrogens is 386 g/mol. The zero-order valence-corrected chi connectivity index (χ0v) is 15.1. The Hall–Kier alpha value is -3.79. The highest BCUT2D eigenvalue weighted by Crippen LogP contribution is 2.32. The van der Waals surface area contributed by atoms with Crippen molar-refractivity contribution >= 4 is 51.5 Å². The molecule has 0 aliphatic carbocycles. The van der Waals surface area contributed by atoms with Gasteiger partial charge in [0.2, 0.25) is 5.75 Å². The molecule has 140 valence electrons. The summed E-state index contributed by atoms with van der Waals surface area (Å²) in [6, 6.07) is 8.24. The minimum absolute atomic E-state index is 0.0713. The molecule has 0 aliphatic heterocycles. The van der Waals surface area contributed by atoms with Crippen molar-refractivity contribution in [2.24, 2.45) is 5.10 Å². The number of hydrogen-bond donors (Lipinski definition) is 3. The van der Waals surface area contributed by atoms with E-state index in [0.29, 0.717) is 11.2 Å². The average molecular weight is 398 g/mol. The number of nitrogens with one attached hydrogen (secondary N) is 2. The van der Waals surface area contributed by atoms with Crippen LogP contribution in [0.25, 0.3) is 22.1 Å². The van der Waals surface area contributed by atoms with Gasteiger partial charge in [0.25, 0.3) is 5.95 Å². The largest absolute Gasteiger partial charge is 0.502 e. The number of aryl methyl sites for hydroxylation is 1. The highest BCUT2D eigenvalue weighted by Gasteiger charge is 2.17. The number of nitro groups is 1. The Morgan fingerprint density at radius 2 is 2.18 bits per heavy atom. The van der Waals surface area contributed by atoms with Gasteiger partial charge in [0.05, 0.1) is 16.7 Å². The maximum Gasteiger partial charge on any atom is 0.312 e. The Morgan fingerprint density at radius 1 is 1.36 bits per heavy atom. The van der Waals surface area contributed by atoms with Crippen molar-refractivity contribution in [1.82, 2.24) is 20.2 Å². The van der Waals surface area contributed by atoms with Gasteiger partial charge in [-0.2, -0.15) is 10.1 Å². The van der Waals surface area contributed by atoms with Crippen molar-refractivity contribution in [2.75, 3.05) is 5.43 Å². The highest BCUT2D eigenvalue weighted by atomic mass is 35.5. The molecule has 0 atom stereocenters. The summed E-state index contributed by atoms with van der Waals surface area (Å²) in [5.41, 5.74) is 5.30. The van der Waals surface area contributed by atoms with Gasteiger partial charge in [-0.05, 0) is 18.6 Å². The second-order valence-electron chi connectivity index (χ2n) is 5.94. The van der Waals surface area contributed by atoms with E-state index in [9.17, 15) is 15.2 Å². The normalized spacial score (nSPS) is 11.5. The van der Waals surface area contributed by atoms with Crippen molar-refractivity contribution in [3.63, 3.8) is 0 Å². The fraction of sp³-hybridized carbons (Fsp3) is 0.0588. The lowest BCUT2D eigenvalue weighted by molar-refractivity contribution is -0.385.